The number of nitrogens with one attached hydrogen (secondary N) is 2. The van der Waals surface area contributed by atoms with Crippen molar-refractivity contribution >= 4 is 40.3 Å². The summed E-state index contributed by atoms with van der Waals surface area (Å²) >= 11 is 2.03. The summed E-state index contributed by atoms with van der Waals surface area (Å²) in [5.41, 5.74) is 0.380. The number of carbonyl (C=O) groups is 2. The molecule has 0 spiro atoms. The van der Waals surface area contributed by atoms with Gasteiger partial charge in [-0.1, -0.05) is 0 Å². The number of rotatable bonds is 3. The van der Waals surface area contributed by atoms with Gasteiger partial charge in [-0.05, 0) is 60.1 Å². The zero-order valence-corrected chi connectivity index (χ0v) is 13.3. The van der Waals surface area contributed by atoms with Crippen molar-refractivity contribution < 1.29 is 19.4 Å². The molecule has 2 aliphatic heterocycles. The van der Waals surface area contributed by atoms with Crippen LogP contribution in [0.25, 0.3) is 0 Å². The van der Waals surface area contributed by atoms with E-state index in [1.54, 1.807) is 12.1 Å². The Morgan fingerprint density at radius 3 is 2.76 bits per heavy atom. The summed E-state index contributed by atoms with van der Waals surface area (Å²) in [5.74, 6) is -1.06. The van der Waals surface area contributed by atoms with Crippen molar-refractivity contribution in [1.82, 2.24) is 5.32 Å². The smallest absolute Gasteiger partial charge is 0.337 e. The van der Waals surface area contributed by atoms with E-state index in [-0.39, 0.29) is 29.8 Å². The molecule has 0 saturated carbocycles. The van der Waals surface area contributed by atoms with E-state index in [9.17, 15) is 14.7 Å². The predicted octanol–water partition coefficient (Wildman–Crippen LogP) is 2.43. The van der Waals surface area contributed by atoms with Gasteiger partial charge >= 0.3 is 12.0 Å². The van der Waals surface area contributed by atoms with Crippen molar-refractivity contribution in [3.8, 4) is 0 Å². The molecule has 3 atom stereocenters. The Balaban J connectivity index is 1.66. The van der Waals surface area contributed by atoms with Crippen LogP contribution in [0.15, 0.2) is 18.2 Å². The van der Waals surface area contributed by atoms with Crippen LogP contribution in [-0.2, 0) is 4.74 Å². The molecule has 2 fully saturated rings. The summed E-state index contributed by atoms with van der Waals surface area (Å²) in [5, 5.41) is 14.7. The number of carboxylic acid groups (broad SMARTS) is 1. The van der Waals surface area contributed by atoms with Crippen LogP contribution < -0.4 is 10.6 Å². The zero-order chi connectivity index (χ0) is 15.0. The fourth-order valence-corrected chi connectivity index (χ4v) is 3.41. The van der Waals surface area contributed by atoms with Crippen molar-refractivity contribution in [3.05, 3.63) is 27.3 Å². The standard InChI is InChI=1S/C14H15IN2O4/c15-7-1-3-10(9(5-7)13(18)19)16-14(20)17-11-6-8-2-4-12(11)21-8/h1,3,5,8,11-12H,2,4,6H2,(H,18,19)(H2,16,17,20). The minimum Gasteiger partial charge on any atom is -0.478 e. The molecule has 0 aliphatic carbocycles. The van der Waals surface area contributed by atoms with E-state index in [0.717, 1.165) is 22.8 Å². The molecular formula is C14H15IN2O4. The molecule has 0 aromatic heterocycles. The number of carbonyl (C=O) groups excluding carboxylic acids is 1. The molecule has 3 rings (SSSR count). The van der Waals surface area contributed by atoms with Gasteiger partial charge in [0, 0.05) is 3.57 Å². The van der Waals surface area contributed by atoms with Gasteiger partial charge in [-0.2, -0.15) is 0 Å². The number of hydrogen-bond donors (Lipinski definition) is 3. The number of fused-ring (bicyclic) bond motifs is 2. The highest BCUT2D eigenvalue weighted by Gasteiger charge is 2.41. The maximum absolute atomic E-state index is 12.0. The Kier molecular flexibility index (Phi) is 4.03. The average Bonchev–Trinajstić information content (AvgIpc) is 3.02. The van der Waals surface area contributed by atoms with E-state index >= 15 is 0 Å². The summed E-state index contributed by atoms with van der Waals surface area (Å²) in [7, 11) is 0. The molecule has 2 bridgehead atoms. The Labute approximate surface area is 135 Å². The SMILES string of the molecule is O=C(Nc1ccc(I)cc1C(=O)O)NC1CC2CCC1O2. The second-order valence-corrected chi connectivity index (χ2v) is 6.56. The molecular weight excluding hydrogens is 387 g/mol. The fraction of sp³-hybridized carbons (Fsp3) is 0.429. The third kappa shape index (κ3) is 3.13. The minimum absolute atomic E-state index is 0.0147. The van der Waals surface area contributed by atoms with Crippen molar-refractivity contribution in [2.24, 2.45) is 0 Å². The first-order valence-corrected chi connectivity index (χ1v) is 7.86. The maximum atomic E-state index is 12.0. The molecule has 2 amide bonds. The second-order valence-electron chi connectivity index (χ2n) is 5.31. The number of anilines is 1. The molecule has 7 heteroatoms. The normalized spacial score (nSPS) is 26.6. The van der Waals surface area contributed by atoms with Crippen LogP contribution in [0.4, 0.5) is 10.5 Å². The lowest BCUT2D eigenvalue weighted by Crippen LogP contribution is -2.43. The maximum Gasteiger partial charge on any atom is 0.337 e. The topological polar surface area (TPSA) is 87.7 Å². The molecule has 6 nitrogen and oxygen atoms in total. The van der Waals surface area contributed by atoms with Crippen LogP contribution in [-0.4, -0.2) is 35.4 Å². The zero-order valence-electron chi connectivity index (χ0n) is 11.1. The van der Waals surface area contributed by atoms with Crippen molar-refractivity contribution in [1.29, 1.82) is 0 Å². The highest BCUT2D eigenvalue weighted by molar-refractivity contribution is 14.1. The van der Waals surface area contributed by atoms with E-state index in [1.165, 1.54) is 6.07 Å². The van der Waals surface area contributed by atoms with Crippen molar-refractivity contribution in [3.63, 3.8) is 0 Å². The van der Waals surface area contributed by atoms with Crippen LogP contribution in [0.3, 0.4) is 0 Å². The van der Waals surface area contributed by atoms with Gasteiger partial charge in [0.1, 0.15) is 0 Å². The quantitative estimate of drug-likeness (QED) is 0.678. The monoisotopic (exact) mass is 402 g/mol. The Morgan fingerprint density at radius 1 is 1.33 bits per heavy atom. The van der Waals surface area contributed by atoms with E-state index < -0.39 is 5.97 Å². The van der Waals surface area contributed by atoms with Gasteiger partial charge < -0.3 is 20.5 Å². The number of ether oxygens (including phenoxy) is 1. The minimum atomic E-state index is -1.06. The van der Waals surface area contributed by atoms with E-state index in [1.807, 2.05) is 22.6 Å². The first-order valence-electron chi connectivity index (χ1n) is 6.79. The number of aromatic carboxylic acids is 1. The van der Waals surface area contributed by atoms with Gasteiger partial charge in [0.15, 0.2) is 0 Å². The number of urea groups is 1. The Hall–Kier alpha value is -1.35. The number of carboxylic acids is 1. The van der Waals surface area contributed by atoms with Gasteiger partial charge in [0.05, 0.1) is 29.5 Å². The molecule has 2 aliphatic rings. The molecule has 21 heavy (non-hydrogen) atoms. The first-order chi connectivity index (χ1) is 10.0. The van der Waals surface area contributed by atoms with Crippen LogP contribution in [0, 0.1) is 3.57 Å². The van der Waals surface area contributed by atoms with Crippen LogP contribution in [0.1, 0.15) is 29.6 Å². The van der Waals surface area contributed by atoms with E-state index in [2.05, 4.69) is 10.6 Å². The first kappa shape index (κ1) is 14.6. The fourth-order valence-electron chi connectivity index (χ4n) is 2.92. The molecule has 3 unspecified atom stereocenters. The summed E-state index contributed by atoms with van der Waals surface area (Å²) in [4.78, 5) is 23.2. The highest BCUT2D eigenvalue weighted by atomic mass is 127. The molecule has 2 saturated heterocycles. The van der Waals surface area contributed by atoms with Gasteiger partial charge in [-0.3, -0.25) is 0 Å². The summed E-state index contributed by atoms with van der Waals surface area (Å²) in [6, 6.07) is 4.51. The molecule has 3 N–H and O–H groups in total. The third-order valence-electron chi connectivity index (χ3n) is 3.88. The number of amides is 2. The average molecular weight is 402 g/mol. The lowest BCUT2D eigenvalue weighted by atomic mass is 9.96. The summed E-state index contributed by atoms with van der Waals surface area (Å²) < 4.78 is 6.48. The molecule has 0 radical (unpaired) electrons. The molecule has 2 heterocycles. The van der Waals surface area contributed by atoms with Crippen LogP contribution in [0.5, 0.6) is 0 Å². The third-order valence-corrected chi connectivity index (χ3v) is 4.55. The highest BCUT2D eigenvalue weighted by Crippen LogP contribution is 2.34. The van der Waals surface area contributed by atoms with E-state index in [4.69, 9.17) is 4.74 Å². The van der Waals surface area contributed by atoms with Gasteiger partial charge in [-0.15, -0.1) is 0 Å². The van der Waals surface area contributed by atoms with Crippen molar-refractivity contribution in [2.75, 3.05) is 5.32 Å². The second kappa shape index (κ2) is 5.80. The Bertz CT molecular complexity index is 592. The van der Waals surface area contributed by atoms with E-state index in [0.29, 0.717) is 5.69 Å². The number of hydrogen-bond acceptors (Lipinski definition) is 3. The molecule has 1 aromatic carbocycles. The van der Waals surface area contributed by atoms with Gasteiger partial charge in [0.2, 0.25) is 0 Å². The molecule has 1 aromatic rings. The molecule has 112 valence electrons. The number of halogens is 1. The summed E-state index contributed by atoms with van der Waals surface area (Å²) in [6.07, 6.45) is 3.21. The van der Waals surface area contributed by atoms with Crippen LogP contribution >= 0.6 is 22.6 Å². The van der Waals surface area contributed by atoms with Crippen LogP contribution in [0.2, 0.25) is 0 Å². The van der Waals surface area contributed by atoms with Gasteiger partial charge in [-0.25, -0.2) is 9.59 Å². The number of benzene rings is 1. The summed E-state index contributed by atoms with van der Waals surface area (Å²) in [6.45, 7) is 0. The largest absolute Gasteiger partial charge is 0.478 e. The van der Waals surface area contributed by atoms with Gasteiger partial charge in [0.25, 0.3) is 0 Å². The Morgan fingerprint density at radius 2 is 2.14 bits per heavy atom. The lowest BCUT2D eigenvalue weighted by Gasteiger charge is -2.20. The van der Waals surface area contributed by atoms with Crippen molar-refractivity contribution in [2.45, 2.75) is 37.5 Å². The predicted molar refractivity (Wildman–Crippen MR) is 84.6 cm³/mol. The lowest BCUT2D eigenvalue weighted by molar-refractivity contribution is 0.0698.